The summed E-state index contributed by atoms with van der Waals surface area (Å²) < 4.78 is 10.7. The third-order valence-corrected chi connectivity index (χ3v) is 4.79. The summed E-state index contributed by atoms with van der Waals surface area (Å²) in [5.41, 5.74) is 5.46. The van der Waals surface area contributed by atoms with Crippen LogP contribution in [0.1, 0.15) is 37.4 Å². The first-order valence-electron chi connectivity index (χ1n) is 9.60. The van der Waals surface area contributed by atoms with E-state index in [4.69, 9.17) is 9.47 Å². The number of fused-ring (bicyclic) bond motifs is 1. The van der Waals surface area contributed by atoms with Crippen LogP contribution in [0.4, 0.5) is 5.69 Å². The van der Waals surface area contributed by atoms with Gasteiger partial charge in [-0.05, 0) is 47.5 Å². The Labute approximate surface area is 182 Å². The summed E-state index contributed by atoms with van der Waals surface area (Å²) in [6, 6.07) is 17.1. The van der Waals surface area contributed by atoms with Crippen LogP contribution in [-0.2, 0) is 18.0 Å². The minimum absolute atomic E-state index is 0.124. The molecule has 9 nitrogen and oxygen atoms in total. The molecule has 0 bridgehead atoms. The standard InChI is InChI=1S/C23H17N3O6/c27-22(16-5-6-18-13-31-14-19(18)11-16)25-24-12-17-3-1-2-4-21(17)32-23(28)15-7-9-20(10-8-15)26(29)30/h1-12H,13-14H2,(H,25,27). The van der Waals surface area contributed by atoms with Crippen LogP contribution in [0.5, 0.6) is 5.75 Å². The van der Waals surface area contributed by atoms with Crippen molar-refractivity contribution in [1.82, 2.24) is 5.43 Å². The molecular formula is C23H17N3O6. The number of non-ortho nitro benzene ring substituents is 1. The summed E-state index contributed by atoms with van der Waals surface area (Å²) in [6.45, 7) is 1.03. The summed E-state index contributed by atoms with van der Waals surface area (Å²) in [5.74, 6) is -0.829. The molecule has 1 aliphatic rings. The Bertz CT molecular complexity index is 1220. The molecule has 0 saturated carbocycles. The van der Waals surface area contributed by atoms with Crippen LogP contribution in [-0.4, -0.2) is 23.0 Å². The number of nitrogens with zero attached hydrogens (tertiary/aromatic N) is 2. The Morgan fingerprint density at radius 1 is 1.00 bits per heavy atom. The first-order chi connectivity index (χ1) is 15.5. The minimum Gasteiger partial charge on any atom is -0.422 e. The quantitative estimate of drug-likeness (QED) is 0.209. The molecule has 1 aliphatic heterocycles. The van der Waals surface area contributed by atoms with Crippen molar-refractivity contribution in [3.8, 4) is 5.75 Å². The van der Waals surface area contributed by atoms with Gasteiger partial charge in [-0.15, -0.1) is 0 Å². The zero-order chi connectivity index (χ0) is 22.5. The van der Waals surface area contributed by atoms with Crippen molar-refractivity contribution in [3.63, 3.8) is 0 Å². The average molecular weight is 431 g/mol. The van der Waals surface area contributed by atoms with Crippen LogP contribution < -0.4 is 10.2 Å². The number of rotatable bonds is 6. The predicted molar refractivity (Wildman–Crippen MR) is 114 cm³/mol. The lowest BCUT2D eigenvalue weighted by atomic mass is 10.1. The van der Waals surface area contributed by atoms with E-state index in [0.717, 1.165) is 11.1 Å². The fourth-order valence-electron chi connectivity index (χ4n) is 3.10. The molecule has 0 saturated heterocycles. The molecule has 0 aliphatic carbocycles. The molecule has 32 heavy (non-hydrogen) atoms. The maximum absolute atomic E-state index is 12.4. The Morgan fingerprint density at radius 2 is 1.72 bits per heavy atom. The van der Waals surface area contributed by atoms with Crippen molar-refractivity contribution < 1.29 is 24.0 Å². The number of hydrogen-bond donors (Lipinski definition) is 1. The molecule has 9 heteroatoms. The van der Waals surface area contributed by atoms with E-state index in [0.29, 0.717) is 24.3 Å². The van der Waals surface area contributed by atoms with Gasteiger partial charge >= 0.3 is 5.97 Å². The molecular weight excluding hydrogens is 414 g/mol. The van der Waals surface area contributed by atoms with Gasteiger partial charge in [0.15, 0.2) is 0 Å². The van der Waals surface area contributed by atoms with E-state index in [2.05, 4.69) is 10.5 Å². The van der Waals surface area contributed by atoms with Gasteiger partial charge in [0.05, 0.1) is 29.9 Å². The maximum Gasteiger partial charge on any atom is 0.343 e. The molecule has 1 heterocycles. The van der Waals surface area contributed by atoms with E-state index in [1.165, 1.54) is 30.5 Å². The first kappa shape index (κ1) is 20.9. The SMILES string of the molecule is O=C(NN=Cc1ccccc1OC(=O)c1ccc([N+](=O)[O-])cc1)c1ccc2c(c1)COC2. The molecule has 0 atom stereocenters. The van der Waals surface area contributed by atoms with E-state index < -0.39 is 10.9 Å². The van der Waals surface area contributed by atoms with Crippen molar-refractivity contribution >= 4 is 23.8 Å². The number of esters is 1. The second-order valence-corrected chi connectivity index (χ2v) is 6.91. The van der Waals surface area contributed by atoms with Crippen molar-refractivity contribution in [2.45, 2.75) is 13.2 Å². The average Bonchev–Trinajstić information content (AvgIpc) is 3.28. The topological polar surface area (TPSA) is 120 Å². The predicted octanol–water partition coefficient (Wildman–Crippen LogP) is 3.61. The first-order valence-corrected chi connectivity index (χ1v) is 9.60. The third-order valence-electron chi connectivity index (χ3n) is 4.79. The summed E-state index contributed by atoms with van der Waals surface area (Å²) in [4.78, 5) is 34.9. The van der Waals surface area contributed by atoms with Gasteiger partial charge in [0.1, 0.15) is 5.75 Å². The second kappa shape index (κ2) is 9.19. The maximum atomic E-state index is 12.4. The number of hydrazone groups is 1. The van der Waals surface area contributed by atoms with Gasteiger partial charge in [-0.2, -0.15) is 5.10 Å². The van der Waals surface area contributed by atoms with Crippen molar-refractivity contribution in [2.24, 2.45) is 5.10 Å². The van der Waals surface area contributed by atoms with E-state index in [9.17, 15) is 19.7 Å². The Hall–Kier alpha value is -4.37. The number of para-hydroxylation sites is 1. The molecule has 1 amide bonds. The van der Waals surface area contributed by atoms with E-state index >= 15 is 0 Å². The summed E-state index contributed by atoms with van der Waals surface area (Å²) in [6.07, 6.45) is 1.37. The van der Waals surface area contributed by atoms with E-state index in [-0.39, 0.29) is 22.9 Å². The lowest BCUT2D eigenvalue weighted by Crippen LogP contribution is -2.18. The Kier molecular flexibility index (Phi) is 6.00. The lowest BCUT2D eigenvalue weighted by Gasteiger charge is -2.07. The monoisotopic (exact) mass is 431 g/mol. The highest BCUT2D eigenvalue weighted by Gasteiger charge is 2.15. The number of hydrogen-bond acceptors (Lipinski definition) is 7. The fourth-order valence-corrected chi connectivity index (χ4v) is 3.10. The van der Waals surface area contributed by atoms with E-state index in [1.54, 1.807) is 36.4 Å². The lowest BCUT2D eigenvalue weighted by molar-refractivity contribution is -0.384. The van der Waals surface area contributed by atoms with E-state index in [1.807, 2.05) is 6.07 Å². The Morgan fingerprint density at radius 3 is 2.50 bits per heavy atom. The van der Waals surface area contributed by atoms with Crippen LogP contribution in [0, 0.1) is 10.1 Å². The summed E-state index contributed by atoms with van der Waals surface area (Å²) in [7, 11) is 0. The van der Waals surface area contributed by atoms with Gasteiger partial charge in [-0.3, -0.25) is 14.9 Å². The summed E-state index contributed by atoms with van der Waals surface area (Å²) >= 11 is 0. The molecule has 0 unspecified atom stereocenters. The highest BCUT2D eigenvalue weighted by Crippen LogP contribution is 2.21. The molecule has 1 N–H and O–H groups in total. The summed E-state index contributed by atoms with van der Waals surface area (Å²) in [5, 5.41) is 14.7. The van der Waals surface area contributed by atoms with Gasteiger partial charge < -0.3 is 9.47 Å². The highest BCUT2D eigenvalue weighted by molar-refractivity contribution is 5.96. The molecule has 160 valence electrons. The van der Waals surface area contributed by atoms with Gasteiger partial charge in [-0.25, -0.2) is 10.2 Å². The van der Waals surface area contributed by atoms with Gasteiger partial charge in [0.25, 0.3) is 11.6 Å². The Balaban J connectivity index is 1.42. The second-order valence-electron chi connectivity index (χ2n) is 6.91. The smallest absolute Gasteiger partial charge is 0.343 e. The molecule has 0 fully saturated rings. The van der Waals surface area contributed by atoms with Crippen molar-refractivity contribution in [1.29, 1.82) is 0 Å². The van der Waals surface area contributed by atoms with Crippen LogP contribution in [0.25, 0.3) is 0 Å². The molecule has 3 aromatic carbocycles. The van der Waals surface area contributed by atoms with Gasteiger partial charge in [-0.1, -0.05) is 18.2 Å². The normalized spacial score (nSPS) is 12.4. The number of ether oxygens (including phenoxy) is 2. The number of carbonyl (C=O) groups is 2. The number of benzene rings is 3. The van der Waals surface area contributed by atoms with Crippen molar-refractivity contribution in [2.75, 3.05) is 0 Å². The van der Waals surface area contributed by atoms with Crippen molar-refractivity contribution in [3.05, 3.63) is 105 Å². The van der Waals surface area contributed by atoms with Gasteiger partial charge in [0.2, 0.25) is 0 Å². The molecule has 4 rings (SSSR count). The van der Waals surface area contributed by atoms with Crippen LogP contribution >= 0.6 is 0 Å². The van der Waals surface area contributed by atoms with Gasteiger partial charge in [0, 0.05) is 23.3 Å². The number of nitro groups is 1. The number of nitro benzene ring substituents is 1. The molecule has 3 aromatic rings. The number of carbonyl (C=O) groups excluding carboxylic acids is 2. The van der Waals surface area contributed by atoms with Crippen LogP contribution in [0.15, 0.2) is 71.8 Å². The molecule has 0 aromatic heterocycles. The zero-order valence-electron chi connectivity index (χ0n) is 16.7. The largest absolute Gasteiger partial charge is 0.422 e. The van der Waals surface area contributed by atoms with Crippen LogP contribution in [0.2, 0.25) is 0 Å². The number of nitrogens with one attached hydrogen (secondary N) is 1. The zero-order valence-corrected chi connectivity index (χ0v) is 16.7. The van der Waals surface area contributed by atoms with Crippen LogP contribution in [0.3, 0.4) is 0 Å². The highest BCUT2D eigenvalue weighted by atomic mass is 16.6. The molecule has 0 radical (unpaired) electrons. The fraction of sp³-hybridized carbons (Fsp3) is 0.0870. The molecule has 0 spiro atoms. The minimum atomic E-state index is -0.676. The third kappa shape index (κ3) is 4.68. The number of amides is 1.